The van der Waals surface area contributed by atoms with Crippen LogP contribution in [0.25, 0.3) is 0 Å². The molecule has 2 saturated heterocycles. The Kier molecular flexibility index (Phi) is 6.75. The first-order valence-electron chi connectivity index (χ1n) is 11.1. The number of para-hydroxylation sites is 2. The van der Waals surface area contributed by atoms with Gasteiger partial charge in [-0.05, 0) is 30.5 Å². The van der Waals surface area contributed by atoms with Crippen molar-refractivity contribution in [1.82, 2.24) is 9.80 Å². The van der Waals surface area contributed by atoms with Crippen molar-refractivity contribution >= 4 is 17.5 Å². The Morgan fingerprint density at radius 1 is 0.839 bits per heavy atom. The standard InChI is InChI=1S/C25H31N3O3/c1-31-23-10-6-5-9-22(23)26-15-17-28(18-16-26)25(30)21-11-13-27(14-12-21)24(29)19-20-7-3-2-4-8-20/h2-10,21H,11-19H2,1H3. The SMILES string of the molecule is COc1ccccc1N1CCN(C(=O)C2CCN(C(=O)Cc3ccccc3)CC2)CC1. The number of anilines is 1. The van der Waals surface area contributed by atoms with E-state index in [1.807, 2.05) is 58.3 Å². The number of rotatable bonds is 5. The fraction of sp³-hybridized carbons (Fsp3) is 0.440. The summed E-state index contributed by atoms with van der Waals surface area (Å²) in [6.07, 6.45) is 1.95. The predicted octanol–water partition coefficient (Wildman–Crippen LogP) is 2.83. The van der Waals surface area contributed by atoms with Crippen LogP contribution in [0.15, 0.2) is 54.6 Å². The summed E-state index contributed by atoms with van der Waals surface area (Å²) in [5, 5.41) is 0. The predicted molar refractivity (Wildman–Crippen MR) is 121 cm³/mol. The second-order valence-corrected chi connectivity index (χ2v) is 8.30. The average Bonchev–Trinajstić information content (AvgIpc) is 2.84. The molecule has 6 heteroatoms. The highest BCUT2D eigenvalue weighted by Gasteiger charge is 2.32. The topological polar surface area (TPSA) is 53.1 Å². The van der Waals surface area contributed by atoms with Crippen molar-refractivity contribution in [2.45, 2.75) is 19.3 Å². The highest BCUT2D eigenvalue weighted by molar-refractivity contribution is 5.81. The van der Waals surface area contributed by atoms with Gasteiger partial charge in [-0.1, -0.05) is 42.5 Å². The van der Waals surface area contributed by atoms with Gasteiger partial charge in [0.25, 0.3) is 0 Å². The smallest absolute Gasteiger partial charge is 0.226 e. The number of carbonyl (C=O) groups excluding carboxylic acids is 2. The summed E-state index contributed by atoms with van der Waals surface area (Å²) >= 11 is 0. The maximum Gasteiger partial charge on any atom is 0.226 e. The van der Waals surface area contributed by atoms with E-state index in [1.165, 1.54) is 0 Å². The Bertz CT molecular complexity index is 886. The molecule has 0 spiro atoms. The van der Waals surface area contributed by atoms with Crippen molar-refractivity contribution in [3.05, 3.63) is 60.2 Å². The van der Waals surface area contributed by atoms with E-state index in [0.717, 1.165) is 56.0 Å². The van der Waals surface area contributed by atoms with E-state index >= 15 is 0 Å². The first kappa shape index (κ1) is 21.2. The normalized spacial score (nSPS) is 17.5. The van der Waals surface area contributed by atoms with E-state index in [9.17, 15) is 9.59 Å². The van der Waals surface area contributed by atoms with Crippen LogP contribution in [0, 0.1) is 5.92 Å². The molecule has 164 valence electrons. The van der Waals surface area contributed by atoms with Crippen LogP contribution in [0.5, 0.6) is 5.75 Å². The molecule has 4 rings (SSSR count). The van der Waals surface area contributed by atoms with Crippen molar-refractivity contribution in [3.8, 4) is 5.75 Å². The first-order chi connectivity index (χ1) is 15.2. The number of hydrogen-bond donors (Lipinski definition) is 0. The van der Waals surface area contributed by atoms with Crippen molar-refractivity contribution in [2.24, 2.45) is 5.92 Å². The monoisotopic (exact) mass is 421 g/mol. The largest absolute Gasteiger partial charge is 0.495 e. The van der Waals surface area contributed by atoms with Crippen molar-refractivity contribution < 1.29 is 14.3 Å². The number of piperidine rings is 1. The van der Waals surface area contributed by atoms with Gasteiger partial charge in [-0.2, -0.15) is 0 Å². The molecule has 31 heavy (non-hydrogen) atoms. The minimum Gasteiger partial charge on any atom is -0.495 e. The summed E-state index contributed by atoms with van der Waals surface area (Å²) in [6.45, 7) is 4.40. The van der Waals surface area contributed by atoms with E-state index < -0.39 is 0 Å². The Morgan fingerprint density at radius 3 is 2.16 bits per heavy atom. The zero-order chi connectivity index (χ0) is 21.6. The lowest BCUT2D eigenvalue weighted by Gasteiger charge is -2.39. The van der Waals surface area contributed by atoms with E-state index in [4.69, 9.17) is 4.74 Å². The van der Waals surface area contributed by atoms with Crippen molar-refractivity contribution in [1.29, 1.82) is 0 Å². The molecular formula is C25H31N3O3. The quantitative estimate of drug-likeness (QED) is 0.745. The van der Waals surface area contributed by atoms with Gasteiger partial charge in [0.15, 0.2) is 0 Å². The number of carbonyl (C=O) groups is 2. The van der Waals surface area contributed by atoms with E-state index in [0.29, 0.717) is 19.5 Å². The summed E-state index contributed by atoms with van der Waals surface area (Å²) in [7, 11) is 1.69. The fourth-order valence-corrected chi connectivity index (χ4v) is 4.58. The molecule has 0 aromatic heterocycles. The highest BCUT2D eigenvalue weighted by atomic mass is 16.5. The molecule has 0 N–H and O–H groups in total. The summed E-state index contributed by atoms with van der Waals surface area (Å²) < 4.78 is 5.48. The maximum atomic E-state index is 13.1. The number of piperazine rings is 1. The average molecular weight is 422 g/mol. The van der Waals surface area contributed by atoms with Gasteiger partial charge in [0, 0.05) is 45.2 Å². The van der Waals surface area contributed by atoms with Gasteiger partial charge in [0.2, 0.25) is 11.8 Å². The molecule has 2 heterocycles. The molecule has 0 aliphatic carbocycles. The Labute approximate surface area is 184 Å². The lowest BCUT2D eigenvalue weighted by Crippen LogP contribution is -2.52. The molecule has 2 aliphatic rings. The van der Waals surface area contributed by atoms with Crippen LogP contribution >= 0.6 is 0 Å². The number of amides is 2. The molecule has 2 aliphatic heterocycles. The molecule has 0 unspecified atom stereocenters. The molecular weight excluding hydrogens is 390 g/mol. The Hall–Kier alpha value is -3.02. The number of benzene rings is 2. The molecule has 0 saturated carbocycles. The molecule has 0 bridgehead atoms. The van der Waals surface area contributed by atoms with Gasteiger partial charge in [0.05, 0.1) is 19.2 Å². The molecule has 2 aromatic rings. The minimum absolute atomic E-state index is 0.0265. The molecule has 2 fully saturated rings. The molecule has 0 radical (unpaired) electrons. The van der Waals surface area contributed by atoms with Gasteiger partial charge in [0.1, 0.15) is 5.75 Å². The molecule has 6 nitrogen and oxygen atoms in total. The van der Waals surface area contributed by atoms with Crippen LogP contribution in [-0.4, -0.2) is 68.0 Å². The summed E-state index contributed by atoms with van der Waals surface area (Å²) in [5.41, 5.74) is 2.13. The number of likely N-dealkylation sites (tertiary alicyclic amines) is 1. The minimum atomic E-state index is 0.0265. The van der Waals surface area contributed by atoms with Crippen LogP contribution in [-0.2, 0) is 16.0 Å². The Balaban J connectivity index is 1.25. The second-order valence-electron chi connectivity index (χ2n) is 8.30. The van der Waals surface area contributed by atoms with E-state index in [1.54, 1.807) is 7.11 Å². The highest BCUT2D eigenvalue weighted by Crippen LogP contribution is 2.29. The van der Waals surface area contributed by atoms with Gasteiger partial charge in [-0.3, -0.25) is 9.59 Å². The third kappa shape index (κ3) is 5.01. The molecule has 2 amide bonds. The summed E-state index contributed by atoms with van der Waals surface area (Å²) in [5.74, 6) is 1.30. The van der Waals surface area contributed by atoms with Crippen LogP contribution < -0.4 is 9.64 Å². The molecule has 0 atom stereocenters. The lowest BCUT2D eigenvalue weighted by atomic mass is 9.94. The van der Waals surface area contributed by atoms with Crippen molar-refractivity contribution in [2.75, 3.05) is 51.3 Å². The third-order valence-corrected chi connectivity index (χ3v) is 6.41. The maximum absolute atomic E-state index is 13.1. The number of ether oxygens (including phenoxy) is 1. The zero-order valence-electron chi connectivity index (χ0n) is 18.2. The van der Waals surface area contributed by atoms with Crippen LogP contribution in [0.1, 0.15) is 18.4 Å². The first-order valence-corrected chi connectivity index (χ1v) is 11.1. The van der Waals surface area contributed by atoms with E-state index in [-0.39, 0.29) is 17.7 Å². The van der Waals surface area contributed by atoms with Crippen LogP contribution in [0.3, 0.4) is 0 Å². The van der Waals surface area contributed by atoms with Gasteiger partial charge >= 0.3 is 0 Å². The summed E-state index contributed by atoms with van der Waals surface area (Å²) in [4.78, 5) is 31.8. The number of nitrogens with zero attached hydrogens (tertiary/aromatic N) is 3. The molecule has 2 aromatic carbocycles. The third-order valence-electron chi connectivity index (χ3n) is 6.41. The lowest BCUT2D eigenvalue weighted by molar-refractivity contribution is -0.140. The fourth-order valence-electron chi connectivity index (χ4n) is 4.58. The number of hydrogen-bond acceptors (Lipinski definition) is 4. The van der Waals surface area contributed by atoms with E-state index in [2.05, 4.69) is 11.0 Å². The van der Waals surface area contributed by atoms with Gasteiger partial charge in [-0.15, -0.1) is 0 Å². The van der Waals surface area contributed by atoms with Gasteiger partial charge in [-0.25, -0.2) is 0 Å². The van der Waals surface area contributed by atoms with Gasteiger partial charge < -0.3 is 19.4 Å². The van der Waals surface area contributed by atoms with Crippen LogP contribution in [0.4, 0.5) is 5.69 Å². The number of methoxy groups -OCH3 is 1. The zero-order valence-corrected chi connectivity index (χ0v) is 18.2. The second kappa shape index (κ2) is 9.86. The Morgan fingerprint density at radius 2 is 1.48 bits per heavy atom. The van der Waals surface area contributed by atoms with Crippen LogP contribution in [0.2, 0.25) is 0 Å². The summed E-state index contributed by atoms with van der Waals surface area (Å²) in [6, 6.07) is 17.9. The van der Waals surface area contributed by atoms with Crippen molar-refractivity contribution in [3.63, 3.8) is 0 Å².